The maximum absolute atomic E-state index is 6.03. The number of aromatic nitrogens is 4. The van der Waals surface area contributed by atoms with Crippen molar-refractivity contribution in [1.29, 1.82) is 0 Å². The van der Waals surface area contributed by atoms with Gasteiger partial charge in [0.2, 0.25) is 0 Å². The quantitative estimate of drug-likeness (QED) is 0.700. The van der Waals surface area contributed by atoms with Crippen LogP contribution in [-0.4, -0.2) is 19.6 Å². The molecule has 19 heavy (non-hydrogen) atoms. The van der Waals surface area contributed by atoms with E-state index in [-0.39, 0.29) is 0 Å². The molecular weight excluding hydrogens is 285 g/mol. The van der Waals surface area contributed by atoms with E-state index in [2.05, 4.69) is 15.2 Å². The Kier molecular flexibility index (Phi) is 2.80. The molecule has 2 heterocycles. The van der Waals surface area contributed by atoms with Gasteiger partial charge in [0.05, 0.1) is 15.7 Å². The highest BCUT2D eigenvalue weighted by molar-refractivity contribution is 6.39. The van der Waals surface area contributed by atoms with E-state index < -0.39 is 0 Å². The predicted octanol–water partition coefficient (Wildman–Crippen LogP) is 2.99. The number of benzene rings is 1. The molecule has 0 aliphatic heterocycles. The van der Waals surface area contributed by atoms with E-state index >= 15 is 0 Å². The number of nitrogen functional groups attached to an aromatic ring is 1. The van der Waals surface area contributed by atoms with Gasteiger partial charge in [0.1, 0.15) is 6.33 Å². The van der Waals surface area contributed by atoms with Gasteiger partial charge in [0, 0.05) is 17.3 Å². The molecule has 3 aromatic rings. The second-order valence-corrected chi connectivity index (χ2v) is 4.95. The fourth-order valence-corrected chi connectivity index (χ4v) is 2.29. The van der Waals surface area contributed by atoms with Crippen molar-refractivity contribution in [2.75, 3.05) is 5.73 Å². The van der Waals surface area contributed by atoms with Crippen molar-refractivity contribution < 1.29 is 0 Å². The van der Waals surface area contributed by atoms with Crippen molar-refractivity contribution in [2.24, 2.45) is 0 Å². The summed E-state index contributed by atoms with van der Waals surface area (Å²) in [7, 11) is 0. The van der Waals surface area contributed by atoms with Crippen LogP contribution < -0.4 is 5.73 Å². The second kappa shape index (κ2) is 4.36. The minimum atomic E-state index is 0.356. The summed E-state index contributed by atoms with van der Waals surface area (Å²) >= 11 is 12.1. The number of hydrogen-bond donors (Lipinski definition) is 1. The monoisotopic (exact) mass is 293 g/mol. The standard InChI is InChI=1S/C12H9Cl2N5/c1-6-2-10-17-18-12(19(10)5-16-6)7-3-8(13)11(15)9(14)4-7/h2-5H,15H2,1H3. The van der Waals surface area contributed by atoms with Gasteiger partial charge in [-0.2, -0.15) is 0 Å². The molecule has 2 N–H and O–H groups in total. The Hall–Kier alpha value is -1.85. The van der Waals surface area contributed by atoms with E-state index in [0.29, 0.717) is 27.2 Å². The Morgan fingerprint density at radius 2 is 1.79 bits per heavy atom. The van der Waals surface area contributed by atoms with Crippen LogP contribution in [0.2, 0.25) is 10.0 Å². The van der Waals surface area contributed by atoms with Crippen LogP contribution in [0.15, 0.2) is 24.5 Å². The molecule has 0 unspecified atom stereocenters. The van der Waals surface area contributed by atoms with Gasteiger partial charge in [-0.3, -0.25) is 4.40 Å². The fourth-order valence-electron chi connectivity index (χ4n) is 1.80. The van der Waals surface area contributed by atoms with E-state index in [1.54, 1.807) is 22.9 Å². The molecule has 96 valence electrons. The zero-order chi connectivity index (χ0) is 13.6. The molecule has 0 fully saturated rings. The first kappa shape index (κ1) is 12.2. The highest BCUT2D eigenvalue weighted by atomic mass is 35.5. The molecule has 0 saturated carbocycles. The third kappa shape index (κ3) is 2.01. The van der Waals surface area contributed by atoms with E-state index in [4.69, 9.17) is 28.9 Å². The Labute approximate surface area is 119 Å². The van der Waals surface area contributed by atoms with Gasteiger partial charge in [-0.1, -0.05) is 23.2 Å². The van der Waals surface area contributed by atoms with Gasteiger partial charge < -0.3 is 5.73 Å². The van der Waals surface area contributed by atoms with Crippen molar-refractivity contribution in [3.05, 3.63) is 40.3 Å². The first-order valence-electron chi connectivity index (χ1n) is 5.48. The van der Waals surface area contributed by atoms with E-state index in [9.17, 15) is 0 Å². The smallest absolute Gasteiger partial charge is 0.169 e. The number of halogens is 2. The molecular formula is C12H9Cl2N5. The van der Waals surface area contributed by atoms with Crippen molar-refractivity contribution in [1.82, 2.24) is 19.6 Å². The van der Waals surface area contributed by atoms with Crippen LogP contribution in [0.4, 0.5) is 5.69 Å². The first-order chi connectivity index (χ1) is 9.06. The van der Waals surface area contributed by atoms with Crippen molar-refractivity contribution in [3.63, 3.8) is 0 Å². The SMILES string of the molecule is Cc1cc2nnc(-c3cc(Cl)c(N)c(Cl)c3)n2cn1. The van der Waals surface area contributed by atoms with Crippen molar-refractivity contribution >= 4 is 34.5 Å². The van der Waals surface area contributed by atoms with Gasteiger partial charge in [0.25, 0.3) is 0 Å². The van der Waals surface area contributed by atoms with E-state index in [1.165, 1.54) is 0 Å². The summed E-state index contributed by atoms with van der Waals surface area (Å²) in [5.74, 6) is 0.617. The average molecular weight is 294 g/mol. The fraction of sp³-hybridized carbons (Fsp3) is 0.0833. The van der Waals surface area contributed by atoms with Gasteiger partial charge in [-0.15, -0.1) is 10.2 Å². The lowest BCUT2D eigenvalue weighted by molar-refractivity contribution is 1.05. The molecule has 5 nitrogen and oxygen atoms in total. The van der Waals surface area contributed by atoms with Gasteiger partial charge in [-0.25, -0.2) is 4.98 Å². The molecule has 0 saturated heterocycles. The number of aryl methyl sites for hydroxylation is 1. The third-order valence-electron chi connectivity index (χ3n) is 2.77. The summed E-state index contributed by atoms with van der Waals surface area (Å²) in [4.78, 5) is 4.22. The molecule has 3 rings (SSSR count). The molecule has 0 aliphatic rings. The number of hydrogen-bond acceptors (Lipinski definition) is 4. The number of nitrogens with zero attached hydrogens (tertiary/aromatic N) is 4. The Morgan fingerprint density at radius 3 is 2.47 bits per heavy atom. The molecule has 7 heteroatoms. The summed E-state index contributed by atoms with van der Waals surface area (Å²) in [6.07, 6.45) is 1.66. The topological polar surface area (TPSA) is 69.1 Å². The lowest BCUT2D eigenvalue weighted by Gasteiger charge is -2.05. The Balaban J connectivity index is 2.25. The minimum Gasteiger partial charge on any atom is -0.396 e. The zero-order valence-electron chi connectivity index (χ0n) is 9.93. The van der Waals surface area contributed by atoms with Crippen LogP contribution in [0, 0.1) is 6.92 Å². The van der Waals surface area contributed by atoms with Crippen LogP contribution in [0.5, 0.6) is 0 Å². The molecule has 1 aromatic carbocycles. The minimum absolute atomic E-state index is 0.356. The number of rotatable bonds is 1. The average Bonchev–Trinajstić information content (AvgIpc) is 2.78. The van der Waals surface area contributed by atoms with Crippen LogP contribution >= 0.6 is 23.2 Å². The van der Waals surface area contributed by atoms with Gasteiger partial charge in [-0.05, 0) is 19.1 Å². The van der Waals surface area contributed by atoms with Gasteiger partial charge in [0.15, 0.2) is 11.5 Å². The van der Waals surface area contributed by atoms with Crippen LogP contribution in [0.1, 0.15) is 5.69 Å². The van der Waals surface area contributed by atoms with Gasteiger partial charge >= 0.3 is 0 Å². The molecule has 2 aromatic heterocycles. The maximum atomic E-state index is 6.03. The molecule has 0 amide bonds. The first-order valence-corrected chi connectivity index (χ1v) is 6.24. The van der Waals surface area contributed by atoms with E-state index in [1.807, 2.05) is 13.0 Å². The Morgan fingerprint density at radius 1 is 1.11 bits per heavy atom. The largest absolute Gasteiger partial charge is 0.396 e. The third-order valence-corrected chi connectivity index (χ3v) is 3.40. The molecule has 0 spiro atoms. The highest BCUT2D eigenvalue weighted by Gasteiger charge is 2.12. The van der Waals surface area contributed by atoms with Crippen molar-refractivity contribution in [2.45, 2.75) is 6.92 Å². The Bertz CT molecular complexity index is 758. The van der Waals surface area contributed by atoms with Crippen LogP contribution in [0.25, 0.3) is 17.0 Å². The molecule has 0 bridgehead atoms. The lowest BCUT2D eigenvalue weighted by Crippen LogP contribution is -1.94. The predicted molar refractivity (Wildman–Crippen MR) is 75.4 cm³/mol. The molecule has 0 aliphatic carbocycles. The summed E-state index contributed by atoms with van der Waals surface area (Å²) in [5, 5.41) is 9.00. The number of fused-ring (bicyclic) bond motifs is 1. The highest BCUT2D eigenvalue weighted by Crippen LogP contribution is 2.32. The molecule has 0 radical (unpaired) electrons. The lowest BCUT2D eigenvalue weighted by atomic mass is 10.2. The summed E-state index contributed by atoms with van der Waals surface area (Å²) in [6.45, 7) is 1.89. The normalized spacial score (nSPS) is 11.1. The summed E-state index contributed by atoms with van der Waals surface area (Å²) in [5.41, 5.74) is 8.40. The van der Waals surface area contributed by atoms with Crippen LogP contribution in [0.3, 0.4) is 0 Å². The maximum Gasteiger partial charge on any atom is 0.169 e. The van der Waals surface area contributed by atoms with Crippen LogP contribution in [-0.2, 0) is 0 Å². The number of nitrogens with two attached hydrogens (primary N) is 1. The summed E-state index contributed by atoms with van der Waals surface area (Å²) in [6, 6.07) is 5.26. The number of anilines is 1. The second-order valence-electron chi connectivity index (χ2n) is 4.14. The summed E-state index contributed by atoms with van der Waals surface area (Å²) < 4.78 is 1.77. The van der Waals surface area contributed by atoms with Crippen molar-refractivity contribution in [3.8, 4) is 11.4 Å². The van der Waals surface area contributed by atoms with E-state index in [0.717, 1.165) is 11.3 Å². The zero-order valence-corrected chi connectivity index (χ0v) is 11.4. The molecule has 0 atom stereocenters.